The molecule has 0 radical (unpaired) electrons. The Morgan fingerprint density at radius 2 is 1.81 bits per heavy atom. The van der Waals surface area contributed by atoms with E-state index in [0.717, 1.165) is 11.3 Å². The number of nitrogens with one attached hydrogen (secondary N) is 2. The Morgan fingerprint density at radius 1 is 1.03 bits per heavy atom. The second kappa shape index (κ2) is 9.25. The van der Waals surface area contributed by atoms with Crippen LogP contribution >= 0.6 is 23.8 Å². The number of rotatable bonds is 5. The highest BCUT2D eigenvalue weighted by Gasteiger charge is 2.13. The van der Waals surface area contributed by atoms with Gasteiger partial charge in [-0.2, -0.15) is 0 Å². The van der Waals surface area contributed by atoms with Crippen molar-refractivity contribution in [2.75, 3.05) is 19.5 Å². The Hall–Kier alpha value is -3.62. The molecule has 1 aromatic heterocycles. The first-order valence-corrected chi connectivity index (χ1v) is 10.3. The zero-order valence-electron chi connectivity index (χ0n) is 17.1. The summed E-state index contributed by atoms with van der Waals surface area (Å²) in [5, 5.41) is 6.08. The van der Waals surface area contributed by atoms with E-state index in [9.17, 15) is 4.79 Å². The van der Waals surface area contributed by atoms with Gasteiger partial charge in [0.2, 0.25) is 5.89 Å². The lowest BCUT2D eigenvalue weighted by Gasteiger charge is -2.10. The predicted molar refractivity (Wildman–Crippen MR) is 128 cm³/mol. The number of anilines is 1. The van der Waals surface area contributed by atoms with E-state index in [2.05, 4.69) is 15.6 Å². The van der Waals surface area contributed by atoms with E-state index in [-0.39, 0.29) is 5.11 Å². The molecule has 4 aromatic rings. The maximum atomic E-state index is 12.4. The number of ether oxygens (including phenoxy) is 2. The van der Waals surface area contributed by atoms with E-state index in [1.165, 1.54) is 13.2 Å². The van der Waals surface area contributed by atoms with Crippen molar-refractivity contribution < 1.29 is 18.7 Å². The largest absolute Gasteiger partial charge is 0.497 e. The van der Waals surface area contributed by atoms with Gasteiger partial charge in [0.05, 0.1) is 19.2 Å². The maximum Gasteiger partial charge on any atom is 0.257 e. The molecule has 2 N–H and O–H groups in total. The van der Waals surface area contributed by atoms with Crippen LogP contribution in [-0.4, -0.2) is 30.2 Å². The first-order valence-electron chi connectivity index (χ1n) is 9.47. The van der Waals surface area contributed by atoms with Gasteiger partial charge in [-0.25, -0.2) is 4.98 Å². The molecule has 162 valence electrons. The maximum absolute atomic E-state index is 12.4. The number of oxazole rings is 1. The summed E-state index contributed by atoms with van der Waals surface area (Å²) in [4.78, 5) is 17.0. The Kier molecular flexibility index (Phi) is 6.25. The van der Waals surface area contributed by atoms with Crippen LogP contribution in [0.25, 0.3) is 22.6 Å². The molecule has 0 aliphatic carbocycles. The van der Waals surface area contributed by atoms with Crippen LogP contribution in [0.1, 0.15) is 10.4 Å². The zero-order chi connectivity index (χ0) is 22.7. The molecule has 1 amide bonds. The number of hydrogen-bond donors (Lipinski definition) is 2. The summed E-state index contributed by atoms with van der Waals surface area (Å²) in [6.45, 7) is 0. The fourth-order valence-electron chi connectivity index (χ4n) is 3.01. The van der Waals surface area contributed by atoms with E-state index < -0.39 is 5.91 Å². The summed E-state index contributed by atoms with van der Waals surface area (Å²) in [5.74, 6) is 1.34. The van der Waals surface area contributed by atoms with Gasteiger partial charge in [0.25, 0.3) is 5.91 Å². The molecule has 1 heterocycles. The fraction of sp³-hybridized carbons (Fsp3) is 0.0870. The van der Waals surface area contributed by atoms with Crippen LogP contribution in [0.5, 0.6) is 11.5 Å². The van der Waals surface area contributed by atoms with Gasteiger partial charge in [0.15, 0.2) is 10.7 Å². The van der Waals surface area contributed by atoms with E-state index in [4.69, 9.17) is 37.7 Å². The zero-order valence-corrected chi connectivity index (χ0v) is 18.7. The molecule has 0 aliphatic rings. The van der Waals surface area contributed by atoms with Crippen LogP contribution in [0.3, 0.4) is 0 Å². The fourth-order valence-corrected chi connectivity index (χ4v) is 3.48. The van der Waals surface area contributed by atoms with E-state index in [1.54, 1.807) is 37.4 Å². The van der Waals surface area contributed by atoms with Gasteiger partial charge in [-0.3, -0.25) is 10.1 Å². The number of amides is 1. The molecule has 0 aliphatic heterocycles. The summed E-state index contributed by atoms with van der Waals surface area (Å²) < 4.78 is 16.1. The van der Waals surface area contributed by atoms with Crippen LogP contribution < -0.4 is 20.1 Å². The number of carbonyl (C=O) groups is 1. The standard InChI is InChI=1S/C23H18ClN3O4S/c1-29-16-7-3-13(4-8-16)22-26-18-12-15(6-10-20(18)31-22)25-23(32)27-21(28)14-5-9-19(30-2)17(24)11-14/h3-12H,1-2H3,(H2,25,27,28,32). The number of thiocarbonyl (C=S) groups is 1. The van der Waals surface area contributed by atoms with Gasteiger partial charge in [-0.05, 0) is 72.9 Å². The molecule has 0 unspecified atom stereocenters. The number of nitrogens with zero attached hydrogens (tertiary/aromatic N) is 1. The predicted octanol–water partition coefficient (Wildman–Crippen LogP) is 5.29. The van der Waals surface area contributed by atoms with Crippen LogP contribution in [-0.2, 0) is 0 Å². The molecule has 0 spiro atoms. The number of aromatic nitrogens is 1. The Balaban J connectivity index is 1.46. The van der Waals surface area contributed by atoms with Gasteiger partial charge in [0.1, 0.15) is 17.0 Å². The third-order valence-corrected chi connectivity index (χ3v) is 5.12. The van der Waals surface area contributed by atoms with Crippen molar-refractivity contribution in [3.05, 3.63) is 71.2 Å². The van der Waals surface area contributed by atoms with Crippen molar-refractivity contribution in [3.8, 4) is 23.0 Å². The van der Waals surface area contributed by atoms with Gasteiger partial charge in [-0.15, -0.1) is 0 Å². The number of fused-ring (bicyclic) bond motifs is 1. The monoisotopic (exact) mass is 467 g/mol. The summed E-state index contributed by atoms with van der Waals surface area (Å²) in [5.41, 5.74) is 3.12. The molecule has 0 atom stereocenters. The minimum absolute atomic E-state index is 0.139. The molecule has 0 fully saturated rings. The second-order valence-electron chi connectivity index (χ2n) is 6.69. The number of hydrogen-bond acceptors (Lipinski definition) is 6. The highest BCUT2D eigenvalue weighted by atomic mass is 35.5. The molecule has 0 saturated heterocycles. The molecule has 0 saturated carbocycles. The van der Waals surface area contributed by atoms with Crippen molar-refractivity contribution >= 4 is 51.6 Å². The third-order valence-electron chi connectivity index (χ3n) is 4.62. The summed E-state index contributed by atoms with van der Waals surface area (Å²) in [6.07, 6.45) is 0. The number of halogens is 1. The van der Waals surface area contributed by atoms with E-state index in [1.807, 2.05) is 24.3 Å². The number of carbonyl (C=O) groups excluding carboxylic acids is 1. The van der Waals surface area contributed by atoms with Gasteiger partial charge in [-0.1, -0.05) is 11.6 Å². The summed E-state index contributed by atoms with van der Waals surface area (Å²) in [6, 6.07) is 17.5. The van der Waals surface area contributed by atoms with Gasteiger partial charge in [0, 0.05) is 16.8 Å². The molecule has 32 heavy (non-hydrogen) atoms. The molecule has 4 rings (SSSR count). The van der Waals surface area contributed by atoms with Crippen molar-refractivity contribution in [1.82, 2.24) is 10.3 Å². The number of benzene rings is 3. The Labute approximate surface area is 194 Å². The van der Waals surface area contributed by atoms with Crippen LogP contribution in [0.4, 0.5) is 5.69 Å². The average Bonchev–Trinajstić information content (AvgIpc) is 3.22. The minimum Gasteiger partial charge on any atom is -0.497 e. The third kappa shape index (κ3) is 4.66. The first kappa shape index (κ1) is 21.6. The Morgan fingerprint density at radius 3 is 2.50 bits per heavy atom. The van der Waals surface area contributed by atoms with Gasteiger partial charge >= 0.3 is 0 Å². The highest BCUT2D eigenvalue weighted by Crippen LogP contribution is 2.28. The molecule has 0 bridgehead atoms. The second-order valence-corrected chi connectivity index (χ2v) is 7.50. The van der Waals surface area contributed by atoms with E-state index >= 15 is 0 Å². The molecule has 9 heteroatoms. The summed E-state index contributed by atoms with van der Waals surface area (Å²) in [7, 11) is 3.12. The van der Waals surface area contributed by atoms with E-state index in [0.29, 0.717) is 39.0 Å². The molecular weight excluding hydrogens is 450 g/mol. The van der Waals surface area contributed by atoms with Crippen molar-refractivity contribution in [3.63, 3.8) is 0 Å². The number of methoxy groups -OCH3 is 2. The SMILES string of the molecule is COc1ccc(-c2nc3cc(NC(=S)NC(=O)c4ccc(OC)c(Cl)c4)ccc3o2)cc1. The van der Waals surface area contributed by atoms with Crippen LogP contribution in [0, 0.1) is 0 Å². The van der Waals surface area contributed by atoms with Gasteiger partial charge < -0.3 is 19.2 Å². The van der Waals surface area contributed by atoms with Crippen molar-refractivity contribution in [2.24, 2.45) is 0 Å². The quantitative estimate of drug-likeness (QED) is 0.385. The lowest BCUT2D eigenvalue weighted by molar-refractivity contribution is 0.0977. The smallest absolute Gasteiger partial charge is 0.257 e. The first-order chi connectivity index (χ1) is 15.5. The minimum atomic E-state index is -0.392. The molecule has 7 nitrogen and oxygen atoms in total. The lowest BCUT2D eigenvalue weighted by Crippen LogP contribution is -2.34. The normalized spacial score (nSPS) is 10.6. The lowest BCUT2D eigenvalue weighted by atomic mass is 10.2. The average molecular weight is 468 g/mol. The highest BCUT2D eigenvalue weighted by molar-refractivity contribution is 7.80. The van der Waals surface area contributed by atoms with Crippen LogP contribution in [0.2, 0.25) is 5.02 Å². The summed E-state index contributed by atoms with van der Waals surface area (Å²) >= 11 is 11.3. The van der Waals surface area contributed by atoms with Crippen molar-refractivity contribution in [1.29, 1.82) is 0 Å². The molecular formula is C23H18ClN3O4S. The Bertz CT molecular complexity index is 1300. The van der Waals surface area contributed by atoms with Crippen LogP contribution in [0.15, 0.2) is 65.1 Å². The topological polar surface area (TPSA) is 85.6 Å². The molecule has 3 aromatic carbocycles. The van der Waals surface area contributed by atoms with Crippen molar-refractivity contribution in [2.45, 2.75) is 0 Å².